The number of aliphatic hydroxyl groups is 1. The number of ether oxygens (including phenoxy) is 1. The van der Waals surface area contributed by atoms with Crippen LogP contribution >= 0.6 is 27.5 Å². The summed E-state index contributed by atoms with van der Waals surface area (Å²) >= 11 is 9.20. The molecule has 1 heterocycles. The van der Waals surface area contributed by atoms with Crippen LogP contribution in [0.15, 0.2) is 34.8 Å². The highest BCUT2D eigenvalue weighted by atomic mass is 79.9. The van der Waals surface area contributed by atoms with Gasteiger partial charge >= 0.3 is 0 Å². The van der Waals surface area contributed by atoms with Crippen LogP contribution in [0.2, 0.25) is 5.02 Å². The molecule has 1 unspecified atom stereocenters. The lowest BCUT2D eigenvalue weighted by Crippen LogP contribution is -2.04. The molecule has 2 aromatic rings. The van der Waals surface area contributed by atoms with Crippen LogP contribution in [0.1, 0.15) is 22.8 Å². The first kappa shape index (κ1) is 14.8. The molecule has 5 heteroatoms. The predicted molar refractivity (Wildman–Crippen MR) is 83.4 cm³/mol. The van der Waals surface area contributed by atoms with E-state index in [0.717, 1.165) is 23.3 Å². The van der Waals surface area contributed by atoms with Gasteiger partial charge in [0.25, 0.3) is 0 Å². The second-order valence-corrected chi connectivity index (χ2v) is 6.34. The molecule has 1 aliphatic heterocycles. The number of halogens is 3. The summed E-state index contributed by atoms with van der Waals surface area (Å²) in [6.07, 6.45) is 0.356. The maximum atomic E-state index is 13.6. The fourth-order valence-electron chi connectivity index (χ4n) is 2.54. The normalized spacial score (nSPS) is 14.7. The highest BCUT2D eigenvalue weighted by Crippen LogP contribution is 2.35. The van der Waals surface area contributed by atoms with Crippen molar-refractivity contribution in [2.45, 2.75) is 18.9 Å². The molecule has 0 saturated carbocycles. The van der Waals surface area contributed by atoms with E-state index in [-0.39, 0.29) is 5.82 Å². The summed E-state index contributed by atoms with van der Waals surface area (Å²) in [4.78, 5) is 0. The third-order valence-corrected chi connectivity index (χ3v) is 4.43. The van der Waals surface area contributed by atoms with E-state index in [1.54, 1.807) is 18.2 Å². The summed E-state index contributed by atoms with van der Waals surface area (Å²) in [5.41, 5.74) is 2.44. The zero-order valence-corrected chi connectivity index (χ0v) is 13.4. The molecule has 3 rings (SSSR count). The predicted octanol–water partition coefficient (Wildman–Crippen LogP) is 4.45. The summed E-state index contributed by atoms with van der Waals surface area (Å²) in [5, 5.41) is 11.0. The molecule has 0 radical (unpaired) electrons. The van der Waals surface area contributed by atoms with Crippen LogP contribution in [0, 0.1) is 5.82 Å². The molecule has 1 N–H and O–H groups in total. The summed E-state index contributed by atoms with van der Waals surface area (Å²) in [5.74, 6) is 0.412. The number of hydrogen-bond donors (Lipinski definition) is 1. The highest BCUT2D eigenvalue weighted by Gasteiger charge is 2.20. The van der Waals surface area contributed by atoms with E-state index in [2.05, 4.69) is 15.9 Å². The van der Waals surface area contributed by atoms with E-state index >= 15 is 0 Å². The SMILES string of the molecule is OC(Cc1cc(Cl)cc2c1OCC2)c1ccc(Br)c(F)c1. The molecule has 2 aromatic carbocycles. The number of rotatable bonds is 3. The second kappa shape index (κ2) is 5.95. The Morgan fingerprint density at radius 1 is 1.33 bits per heavy atom. The Hall–Kier alpha value is -1.10. The van der Waals surface area contributed by atoms with E-state index in [1.165, 1.54) is 6.07 Å². The Kier molecular flexibility index (Phi) is 4.20. The Morgan fingerprint density at radius 2 is 2.14 bits per heavy atom. The van der Waals surface area contributed by atoms with Crippen LogP contribution in [-0.2, 0) is 12.8 Å². The molecule has 0 fully saturated rings. The van der Waals surface area contributed by atoms with Gasteiger partial charge in [0, 0.05) is 17.9 Å². The minimum absolute atomic E-state index is 0.337. The van der Waals surface area contributed by atoms with Crippen LogP contribution in [0.3, 0.4) is 0 Å². The number of aliphatic hydroxyl groups excluding tert-OH is 1. The molecule has 0 aliphatic carbocycles. The van der Waals surface area contributed by atoms with Gasteiger partial charge in [0.2, 0.25) is 0 Å². The molecule has 110 valence electrons. The van der Waals surface area contributed by atoms with Gasteiger partial charge in [-0.3, -0.25) is 0 Å². The molecular weight excluding hydrogens is 359 g/mol. The van der Waals surface area contributed by atoms with E-state index in [0.29, 0.717) is 28.1 Å². The average molecular weight is 372 g/mol. The van der Waals surface area contributed by atoms with Crippen molar-refractivity contribution < 1.29 is 14.2 Å². The van der Waals surface area contributed by atoms with Gasteiger partial charge in [-0.25, -0.2) is 4.39 Å². The molecule has 1 aliphatic rings. The van der Waals surface area contributed by atoms with Crippen molar-refractivity contribution in [3.8, 4) is 5.75 Å². The van der Waals surface area contributed by atoms with Gasteiger partial charge in [-0.05, 0) is 56.9 Å². The van der Waals surface area contributed by atoms with Crippen molar-refractivity contribution in [3.05, 3.63) is 62.3 Å². The first-order valence-corrected chi connectivity index (χ1v) is 7.79. The number of hydrogen-bond acceptors (Lipinski definition) is 2. The molecule has 0 aromatic heterocycles. The molecule has 2 nitrogen and oxygen atoms in total. The van der Waals surface area contributed by atoms with Gasteiger partial charge < -0.3 is 9.84 Å². The van der Waals surface area contributed by atoms with Crippen molar-refractivity contribution in [1.82, 2.24) is 0 Å². The van der Waals surface area contributed by atoms with Crippen LogP contribution in [-0.4, -0.2) is 11.7 Å². The Balaban J connectivity index is 1.88. The van der Waals surface area contributed by atoms with Crippen LogP contribution in [0.5, 0.6) is 5.75 Å². The smallest absolute Gasteiger partial charge is 0.137 e. The fraction of sp³-hybridized carbons (Fsp3) is 0.250. The monoisotopic (exact) mass is 370 g/mol. The van der Waals surface area contributed by atoms with Gasteiger partial charge in [0.1, 0.15) is 11.6 Å². The van der Waals surface area contributed by atoms with Gasteiger partial charge in [-0.15, -0.1) is 0 Å². The second-order valence-electron chi connectivity index (χ2n) is 5.05. The molecule has 0 saturated heterocycles. The van der Waals surface area contributed by atoms with Crippen LogP contribution < -0.4 is 4.74 Å². The average Bonchev–Trinajstić information content (AvgIpc) is 2.90. The summed E-state index contributed by atoms with van der Waals surface area (Å²) in [7, 11) is 0. The number of fused-ring (bicyclic) bond motifs is 1. The molecule has 1 atom stereocenters. The van der Waals surface area contributed by atoms with Crippen molar-refractivity contribution in [1.29, 1.82) is 0 Å². The molecule has 0 amide bonds. The minimum Gasteiger partial charge on any atom is -0.493 e. The maximum absolute atomic E-state index is 13.6. The van der Waals surface area contributed by atoms with E-state index in [9.17, 15) is 9.50 Å². The van der Waals surface area contributed by atoms with E-state index < -0.39 is 6.10 Å². The third kappa shape index (κ3) is 3.07. The first-order valence-electron chi connectivity index (χ1n) is 6.61. The topological polar surface area (TPSA) is 29.5 Å². The van der Waals surface area contributed by atoms with Crippen molar-refractivity contribution >= 4 is 27.5 Å². The number of benzene rings is 2. The Labute approximate surface area is 135 Å². The van der Waals surface area contributed by atoms with Gasteiger partial charge in [0.05, 0.1) is 17.2 Å². The fourth-order valence-corrected chi connectivity index (χ4v) is 3.05. The molecular formula is C16H13BrClFO2. The van der Waals surface area contributed by atoms with Crippen molar-refractivity contribution in [3.63, 3.8) is 0 Å². The Bertz CT molecular complexity index is 690. The van der Waals surface area contributed by atoms with Crippen molar-refractivity contribution in [2.75, 3.05) is 6.61 Å². The standard InChI is InChI=1S/C16H13BrClFO2/c17-13-2-1-9(7-14(13)19)15(20)8-11-6-12(18)5-10-3-4-21-16(10)11/h1-2,5-7,15,20H,3-4,8H2. The van der Waals surface area contributed by atoms with Crippen LogP contribution in [0.4, 0.5) is 4.39 Å². The maximum Gasteiger partial charge on any atom is 0.137 e. The van der Waals surface area contributed by atoms with E-state index in [4.69, 9.17) is 16.3 Å². The first-order chi connectivity index (χ1) is 10.0. The zero-order valence-electron chi connectivity index (χ0n) is 11.1. The van der Waals surface area contributed by atoms with Gasteiger partial charge in [-0.2, -0.15) is 0 Å². The van der Waals surface area contributed by atoms with Crippen molar-refractivity contribution in [2.24, 2.45) is 0 Å². The quantitative estimate of drug-likeness (QED) is 0.863. The van der Waals surface area contributed by atoms with E-state index in [1.807, 2.05) is 6.07 Å². The van der Waals surface area contributed by atoms with Gasteiger partial charge in [-0.1, -0.05) is 17.7 Å². The lowest BCUT2D eigenvalue weighted by atomic mass is 9.98. The molecule has 21 heavy (non-hydrogen) atoms. The largest absolute Gasteiger partial charge is 0.493 e. The zero-order chi connectivity index (χ0) is 15.0. The summed E-state index contributed by atoms with van der Waals surface area (Å²) in [6.45, 7) is 0.631. The molecule has 0 spiro atoms. The Morgan fingerprint density at radius 3 is 2.90 bits per heavy atom. The minimum atomic E-state index is -0.806. The highest BCUT2D eigenvalue weighted by molar-refractivity contribution is 9.10. The third-order valence-electron chi connectivity index (χ3n) is 3.57. The summed E-state index contributed by atoms with van der Waals surface area (Å²) in [6, 6.07) is 8.31. The van der Waals surface area contributed by atoms with Gasteiger partial charge in [0.15, 0.2) is 0 Å². The lowest BCUT2D eigenvalue weighted by molar-refractivity contribution is 0.176. The lowest BCUT2D eigenvalue weighted by Gasteiger charge is -2.14. The van der Waals surface area contributed by atoms with Crippen LogP contribution in [0.25, 0.3) is 0 Å². The summed E-state index contributed by atoms with van der Waals surface area (Å²) < 4.78 is 19.6. The molecule has 0 bridgehead atoms.